The summed E-state index contributed by atoms with van der Waals surface area (Å²) in [4.78, 5) is 24.3. The van der Waals surface area contributed by atoms with E-state index in [0.717, 1.165) is 22.7 Å². The van der Waals surface area contributed by atoms with Crippen molar-refractivity contribution in [3.63, 3.8) is 0 Å². The number of halogens is 1. The van der Waals surface area contributed by atoms with Crippen molar-refractivity contribution in [2.45, 2.75) is 13.5 Å². The molecule has 0 aliphatic rings. The van der Waals surface area contributed by atoms with E-state index in [2.05, 4.69) is 27.6 Å². The van der Waals surface area contributed by atoms with Gasteiger partial charge in [-0.2, -0.15) is 0 Å². The Morgan fingerprint density at radius 3 is 2.31 bits per heavy atom. The second kappa shape index (κ2) is 9.46. The molecule has 0 fully saturated rings. The number of quaternary nitrogens is 1. The Balaban J connectivity index is 0.00000338. The molecule has 0 saturated carbocycles. The lowest BCUT2D eigenvalue weighted by Gasteiger charge is -2.29. The van der Waals surface area contributed by atoms with E-state index in [1.807, 2.05) is 24.3 Å². The Morgan fingerprint density at radius 1 is 1.08 bits per heavy atom. The van der Waals surface area contributed by atoms with Crippen LogP contribution >= 0.6 is 0 Å². The lowest BCUT2D eigenvalue weighted by molar-refractivity contribution is -0.901. The fourth-order valence-corrected chi connectivity index (χ4v) is 2.40. The number of carbonyl (C=O) groups excluding carboxylic acids is 2. The van der Waals surface area contributed by atoms with Gasteiger partial charge < -0.3 is 26.2 Å². The van der Waals surface area contributed by atoms with E-state index in [1.54, 1.807) is 24.3 Å². The average molecular weight is 418 g/mol. The van der Waals surface area contributed by atoms with Crippen molar-refractivity contribution in [1.29, 1.82) is 0 Å². The van der Waals surface area contributed by atoms with Gasteiger partial charge in [0, 0.05) is 22.8 Å². The van der Waals surface area contributed by atoms with Gasteiger partial charge in [-0.1, -0.05) is 43.0 Å². The normalized spacial score (nSPS) is 10.6. The highest BCUT2D eigenvalue weighted by Gasteiger charge is 2.20. The van der Waals surface area contributed by atoms with Crippen LogP contribution in [0.4, 0.5) is 0 Å². The molecule has 0 aliphatic carbocycles. The average Bonchev–Trinajstić information content (AvgIpc) is 2.63. The third-order valence-corrected chi connectivity index (χ3v) is 4.20. The quantitative estimate of drug-likeness (QED) is 0.218. The van der Waals surface area contributed by atoms with Gasteiger partial charge >= 0.3 is 5.97 Å². The Morgan fingerprint density at radius 2 is 1.73 bits per heavy atom. The van der Waals surface area contributed by atoms with Gasteiger partial charge in [-0.15, -0.1) is 0 Å². The summed E-state index contributed by atoms with van der Waals surface area (Å²) in [5, 5.41) is 0. The maximum Gasteiger partial charge on any atom is 0.335 e. The molecule has 2 rings (SSSR count). The van der Waals surface area contributed by atoms with Crippen LogP contribution in [0, 0.1) is 0 Å². The Kier molecular flexibility index (Phi) is 7.93. The van der Waals surface area contributed by atoms with E-state index >= 15 is 0 Å². The number of hydrogen-bond acceptors (Lipinski definition) is 3. The molecule has 0 unspecified atom stereocenters. The third kappa shape index (κ3) is 5.64. The van der Waals surface area contributed by atoms with Crippen molar-refractivity contribution in [2.24, 2.45) is 0 Å². The standard InChI is InChI=1S/C21H24NO3.BrH/c1-5-20(23)25-19-14-17(21(24)16-10-8-7-9-11-16)12-13-18(19)15-22(3,4)6-2;/h5,7-14H,1,6,15H2,2-4H3;1H/q+1;/p-1. The molecule has 0 spiro atoms. The maximum absolute atomic E-state index is 12.6. The van der Waals surface area contributed by atoms with Crippen molar-refractivity contribution in [3.05, 3.63) is 77.9 Å². The van der Waals surface area contributed by atoms with Crippen LogP contribution < -0.4 is 21.7 Å². The summed E-state index contributed by atoms with van der Waals surface area (Å²) in [6, 6.07) is 14.3. The number of rotatable bonds is 7. The summed E-state index contributed by atoms with van der Waals surface area (Å²) < 4.78 is 6.13. The number of ketones is 1. The minimum Gasteiger partial charge on any atom is -1.00 e. The fourth-order valence-electron chi connectivity index (χ4n) is 2.40. The topological polar surface area (TPSA) is 43.4 Å². The number of hydrogen-bond donors (Lipinski definition) is 0. The highest BCUT2D eigenvalue weighted by molar-refractivity contribution is 6.09. The second-order valence-electron chi connectivity index (χ2n) is 6.55. The Hall–Kier alpha value is -2.24. The smallest absolute Gasteiger partial charge is 0.335 e. The lowest BCUT2D eigenvalue weighted by Crippen LogP contribution is -3.00. The minimum atomic E-state index is -0.535. The molecular weight excluding hydrogens is 394 g/mol. The van der Waals surface area contributed by atoms with Crippen molar-refractivity contribution in [3.8, 4) is 5.75 Å². The maximum atomic E-state index is 12.6. The molecule has 0 atom stereocenters. The van der Waals surface area contributed by atoms with Gasteiger partial charge in [0.2, 0.25) is 0 Å². The minimum absolute atomic E-state index is 0. The predicted molar refractivity (Wildman–Crippen MR) is 98.5 cm³/mol. The molecule has 0 bridgehead atoms. The van der Waals surface area contributed by atoms with E-state index in [9.17, 15) is 9.59 Å². The van der Waals surface area contributed by atoms with E-state index in [1.165, 1.54) is 0 Å². The zero-order valence-electron chi connectivity index (χ0n) is 15.4. The predicted octanol–water partition coefficient (Wildman–Crippen LogP) is 0.609. The Labute approximate surface area is 165 Å². The summed E-state index contributed by atoms with van der Waals surface area (Å²) in [6.07, 6.45) is 1.12. The first-order valence-electron chi connectivity index (χ1n) is 8.25. The monoisotopic (exact) mass is 417 g/mol. The van der Waals surface area contributed by atoms with Gasteiger partial charge in [0.1, 0.15) is 12.3 Å². The summed E-state index contributed by atoms with van der Waals surface area (Å²) in [6.45, 7) is 7.16. The highest BCUT2D eigenvalue weighted by Crippen LogP contribution is 2.25. The SMILES string of the molecule is C=CC(=O)Oc1cc(C(=O)c2ccccc2)ccc1C[N+](C)(C)CC.[Br-]. The molecule has 5 heteroatoms. The van der Waals surface area contributed by atoms with Crippen LogP contribution in [0.15, 0.2) is 61.2 Å². The van der Waals surface area contributed by atoms with E-state index in [4.69, 9.17) is 4.74 Å². The molecule has 0 N–H and O–H groups in total. The summed E-state index contributed by atoms with van der Waals surface area (Å²) in [5.74, 6) is -0.231. The number of benzene rings is 2. The van der Waals surface area contributed by atoms with Crippen LogP contribution in [-0.2, 0) is 11.3 Å². The van der Waals surface area contributed by atoms with Crippen LogP contribution in [0.1, 0.15) is 28.4 Å². The number of ether oxygens (including phenoxy) is 1. The van der Waals surface area contributed by atoms with Crippen LogP contribution in [0.2, 0.25) is 0 Å². The van der Waals surface area contributed by atoms with Gasteiger partial charge in [0.25, 0.3) is 0 Å². The van der Waals surface area contributed by atoms with Gasteiger partial charge in [-0.25, -0.2) is 4.79 Å². The van der Waals surface area contributed by atoms with Crippen molar-refractivity contribution in [2.75, 3.05) is 20.6 Å². The molecule has 0 saturated heterocycles. The van der Waals surface area contributed by atoms with Crippen LogP contribution in [0.3, 0.4) is 0 Å². The summed E-state index contributed by atoms with van der Waals surface area (Å²) in [5.41, 5.74) is 1.97. The first kappa shape index (κ1) is 21.8. The van der Waals surface area contributed by atoms with Gasteiger partial charge in [0.05, 0.1) is 20.6 Å². The highest BCUT2D eigenvalue weighted by atomic mass is 79.9. The van der Waals surface area contributed by atoms with Crippen LogP contribution in [0.25, 0.3) is 0 Å². The molecule has 0 aliphatic heterocycles. The van der Waals surface area contributed by atoms with Crippen molar-refractivity contribution in [1.82, 2.24) is 0 Å². The van der Waals surface area contributed by atoms with Crippen LogP contribution in [-0.4, -0.2) is 36.9 Å². The zero-order chi connectivity index (χ0) is 18.4. The van der Waals surface area contributed by atoms with Crippen molar-refractivity contribution >= 4 is 11.8 Å². The molecule has 4 nitrogen and oxygen atoms in total. The molecule has 0 amide bonds. The lowest BCUT2D eigenvalue weighted by atomic mass is 10.0. The molecule has 2 aromatic carbocycles. The van der Waals surface area contributed by atoms with E-state index < -0.39 is 5.97 Å². The van der Waals surface area contributed by atoms with Gasteiger partial charge in [0.15, 0.2) is 5.78 Å². The van der Waals surface area contributed by atoms with Gasteiger partial charge in [-0.05, 0) is 19.1 Å². The molecule has 0 aromatic heterocycles. The van der Waals surface area contributed by atoms with Crippen LogP contribution in [0.5, 0.6) is 5.75 Å². The van der Waals surface area contributed by atoms with Gasteiger partial charge in [-0.3, -0.25) is 4.79 Å². The first-order chi connectivity index (χ1) is 11.9. The Bertz CT molecular complexity index is 785. The second-order valence-corrected chi connectivity index (χ2v) is 6.55. The molecule has 0 heterocycles. The zero-order valence-corrected chi connectivity index (χ0v) is 17.0. The van der Waals surface area contributed by atoms with E-state index in [-0.39, 0.29) is 22.8 Å². The molecule has 2 aromatic rings. The number of carbonyl (C=O) groups is 2. The fraction of sp³-hybridized carbons (Fsp3) is 0.238. The molecule has 138 valence electrons. The first-order valence-corrected chi connectivity index (χ1v) is 8.25. The van der Waals surface area contributed by atoms with E-state index in [0.29, 0.717) is 23.4 Å². The third-order valence-electron chi connectivity index (χ3n) is 4.20. The molecule has 26 heavy (non-hydrogen) atoms. The van der Waals surface area contributed by atoms with Crippen molar-refractivity contribution < 1.29 is 35.8 Å². The number of nitrogens with zero attached hydrogens (tertiary/aromatic N) is 1. The largest absolute Gasteiger partial charge is 1.00 e. The molecule has 0 radical (unpaired) electrons. The summed E-state index contributed by atoms with van der Waals surface area (Å²) >= 11 is 0. The molecular formula is C21H24BrNO3. The summed E-state index contributed by atoms with van der Waals surface area (Å²) in [7, 11) is 4.20. The number of esters is 1.